The zero-order chi connectivity index (χ0) is 20.8. The summed E-state index contributed by atoms with van der Waals surface area (Å²) in [5.41, 5.74) is 6.80. The van der Waals surface area contributed by atoms with E-state index < -0.39 is 5.97 Å². The highest BCUT2D eigenvalue weighted by atomic mass is 16.5. The maximum Gasteiger partial charge on any atom is 0.338 e. The van der Waals surface area contributed by atoms with Crippen molar-refractivity contribution in [2.75, 3.05) is 7.11 Å². The van der Waals surface area contributed by atoms with Crippen LogP contribution in [0.1, 0.15) is 32.8 Å². The molecular formula is C23H22N2O4. The minimum absolute atomic E-state index is 0.215. The highest BCUT2D eigenvalue weighted by Crippen LogP contribution is 2.26. The van der Waals surface area contributed by atoms with Crippen molar-refractivity contribution in [3.05, 3.63) is 82.6 Å². The third-order valence-corrected chi connectivity index (χ3v) is 4.54. The van der Waals surface area contributed by atoms with Gasteiger partial charge in [0.05, 0.1) is 25.3 Å². The van der Waals surface area contributed by atoms with E-state index in [0.717, 1.165) is 11.1 Å². The summed E-state index contributed by atoms with van der Waals surface area (Å²) in [6, 6.07) is 16.4. The molecule has 29 heavy (non-hydrogen) atoms. The Bertz CT molecular complexity index is 1070. The van der Waals surface area contributed by atoms with Gasteiger partial charge in [0, 0.05) is 5.56 Å². The molecule has 0 bridgehead atoms. The number of nitrogens with zero attached hydrogens (tertiary/aromatic N) is 1. The van der Waals surface area contributed by atoms with Gasteiger partial charge in [-0.05, 0) is 48.7 Å². The summed E-state index contributed by atoms with van der Waals surface area (Å²) in [6.45, 7) is 4.05. The topological polar surface area (TPSA) is 80.9 Å². The second-order valence-corrected chi connectivity index (χ2v) is 6.63. The molecule has 0 saturated carbocycles. The maximum atomic E-state index is 12.1. The number of nitrogens with one attached hydrogen (secondary N) is 1. The fourth-order valence-corrected chi connectivity index (χ4v) is 2.86. The molecule has 0 spiro atoms. The highest BCUT2D eigenvalue weighted by Gasteiger charge is 2.15. The molecule has 0 aliphatic heterocycles. The Labute approximate surface area is 169 Å². The molecule has 6 heteroatoms. The Kier molecular flexibility index (Phi) is 6.24. The van der Waals surface area contributed by atoms with Crippen molar-refractivity contribution in [2.24, 2.45) is 5.10 Å². The van der Waals surface area contributed by atoms with Crippen molar-refractivity contribution in [2.45, 2.75) is 20.3 Å². The summed E-state index contributed by atoms with van der Waals surface area (Å²) < 4.78 is 10.5. The molecule has 3 aromatic rings. The van der Waals surface area contributed by atoms with E-state index in [2.05, 4.69) is 10.5 Å². The lowest BCUT2D eigenvalue weighted by atomic mass is 10.0. The first kappa shape index (κ1) is 20.1. The number of esters is 1. The van der Waals surface area contributed by atoms with E-state index in [0.29, 0.717) is 22.6 Å². The van der Waals surface area contributed by atoms with Gasteiger partial charge in [0.25, 0.3) is 0 Å². The molecule has 0 aliphatic rings. The summed E-state index contributed by atoms with van der Waals surface area (Å²) in [6.07, 6.45) is 1.66. The van der Waals surface area contributed by atoms with E-state index in [1.54, 1.807) is 30.3 Å². The van der Waals surface area contributed by atoms with Crippen molar-refractivity contribution in [1.29, 1.82) is 0 Å². The van der Waals surface area contributed by atoms with Crippen LogP contribution in [0.15, 0.2) is 64.1 Å². The zero-order valence-electron chi connectivity index (χ0n) is 16.6. The quantitative estimate of drug-likeness (QED) is 0.391. The summed E-state index contributed by atoms with van der Waals surface area (Å²) in [7, 11) is 1.33. The number of amides is 1. The predicted molar refractivity (Wildman–Crippen MR) is 111 cm³/mol. The first-order valence-corrected chi connectivity index (χ1v) is 9.13. The average Bonchev–Trinajstić information content (AvgIpc) is 3.19. The highest BCUT2D eigenvalue weighted by molar-refractivity contribution is 5.96. The number of methoxy groups -OCH3 is 1. The standard InChI is InChI=1S/C23H22N2O4/c1-15-8-9-17(12-16(15)2)13-22(26)25-24-14-18-10-11-21(29-18)19-6-4-5-7-20(19)23(27)28-3/h4-12,14H,13H2,1-3H3,(H,25,26)/b24-14-. The van der Waals surface area contributed by atoms with Crippen molar-refractivity contribution >= 4 is 18.1 Å². The summed E-state index contributed by atoms with van der Waals surface area (Å²) >= 11 is 0. The number of hydrazone groups is 1. The normalized spacial score (nSPS) is 10.9. The largest absolute Gasteiger partial charge is 0.465 e. The molecule has 0 aliphatic carbocycles. The number of ether oxygens (including phenoxy) is 1. The van der Waals surface area contributed by atoms with Gasteiger partial charge in [0.1, 0.15) is 11.5 Å². The first-order chi connectivity index (χ1) is 14.0. The lowest BCUT2D eigenvalue weighted by Gasteiger charge is -2.05. The smallest absolute Gasteiger partial charge is 0.338 e. The van der Waals surface area contributed by atoms with Crippen LogP contribution in [-0.2, 0) is 16.0 Å². The minimum atomic E-state index is -0.439. The molecule has 1 N–H and O–H groups in total. The number of carbonyl (C=O) groups is 2. The molecule has 2 aromatic carbocycles. The molecule has 1 amide bonds. The number of hydrogen-bond donors (Lipinski definition) is 1. The van der Waals surface area contributed by atoms with E-state index in [-0.39, 0.29) is 12.3 Å². The molecule has 3 rings (SSSR count). The molecule has 0 radical (unpaired) electrons. The van der Waals surface area contributed by atoms with Gasteiger partial charge in [-0.2, -0.15) is 5.10 Å². The number of furan rings is 1. The maximum absolute atomic E-state index is 12.1. The van der Waals surface area contributed by atoms with Gasteiger partial charge >= 0.3 is 5.97 Å². The van der Waals surface area contributed by atoms with Crippen LogP contribution >= 0.6 is 0 Å². The van der Waals surface area contributed by atoms with Crippen LogP contribution in [0.3, 0.4) is 0 Å². The van der Waals surface area contributed by atoms with Crippen molar-refractivity contribution in [3.8, 4) is 11.3 Å². The summed E-state index contributed by atoms with van der Waals surface area (Å²) in [4.78, 5) is 24.0. The average molecular weight is 390 g/mol. The van der Waals surface area contributed by atoms with E-state index in [9.17, 15) is 9.59 Å². The minimum Gasteiger partial charge on any atom is -0.465 e. The fraction of sp³-hybridized carbons (Fsp3) is 0.174. The van der Waals surface area contributed by atoms with E-state index >= 15 is 0 Å². The second kappa shape index (κ2) is 9.01. The molecule has 6 nitrogen and oxygen atoms in total. The molecule has 0 saturated heterocycles. The van der Waals surface area contributed by atoms with Gasteiger partial charge in [-0.25, -0.2) is 10.2 Å². The number of benzene rings is 2. The molecular weight excluding hydrogens is 368 g/mol. The van der Waals surface area contributed by atoms with Gasteiger partial charge in [0.2, 0.25) is 5.91 Å². The van der Waals surface area contributed by atoms with Gasteiger partial charge < -0.3 is 9.15 Å². The molecule has 1 aromatic heterocycles. The van der Waals surface area contributed by atoms with Crippen LogP contribution in [0.4, 0.5) is 0 Å². The van der Waals surface area contributed by atoms with Crippen LogP contribution in [-0.4, -0.2) is 25.2 Å². The third kappa shape index (κ3) is 4.99. The van der Waals surface area contributed by atoms with Crippen LogP contribution < -0.4 is 5.43 Å². The monoisotopic (exact) mass is 390 g/mol. The first-order valence-electron chi connectivity index (χ1n) is 9.13. The number of rotatable bonds is 6. The summed E-state index contributed by atoms with van der Waals surface area (Å²) in [5.74, 6) is 0.304. The SMILES string of the molecule is COC(=O)c1ccccc1-c1ccc(/C=N\NC(=O)Cc2ccc(C)c(C)c2)o1. The Morgan fingerprint density at radius 2 is 1.86 bits per heavy atom. The Morgan fingerprint density at radius 3 is 2.62 bits per heavy atom. The van der Waals surface area contributed by atoms with Gasteiger partial charge in [-0.15, -0.1) is 0 Å². The molecule has 148 valence electrons. The lowest BCUT2D eigenvalue weighted by molar-refractivity contribution is -0.120. The third-order valence-electron chi connectivity index (χ3n) is 4.54. The van der Waals surface area contributed by atoms with Crippen molar-refractivity contribution in [3.63, 3.8) is 0 Å². The van der Waals surface area contributed by atoms with Crippen molar-refractivity contribution in [1.82, 2.24) is 5.43 Å². The number of carbonyl (C=O) groups excluding carboxylic acids is 2. The number of hydrogen-bond acceptors (Lipinski definition) is 5. The Morgan fingerprint density at radius 1 is 1.07 bits per heavy atom. The Hall–Kier alpha value is -3.67. The Balaban J connectivity index is 1.64. The van der Waals surface area contributed by atoms with E-state index in [4.69, 9.17) is 9.15 Å². The lowest BCUT2D eigenvalue weighted by Crippen LogP contribution is -2.19. The van der Waals surface area contributed by atoms with Crippen LogP contribution in [0.25, 0.3) is 11.3 Å². The molecule has 0 unspecified atom stereocenters. The fourth-order valence-electron chi connectivity index (χ4n) is 2.86. The van der Waals surface area contributed by atoms with Crippen LogP contribution in [0.5, 0.6) is 0 Å². The van der Waals surface area contributed by atoms with Crippen molar-refractivity contribution < 1.29 is 18.7 Å². The summed E-state index contributed by atoms with van der Waals surface area (Å²) in [5, 5.41) is 3.95. The van der Waals surface area contributed by atoms with Gasteiger partial charge in [-0.3, -0.25) is 4.79 Å². The van der Waals surface area contributed by atoms with Crippen LogP contribution in [0.2, 0.25) is 0 Å². The zero-order valence-corrected chi connectivity index (χ0v) is 16.6. The van der Waals surface area contributed by atoms with E-state index in [1.165, 1.54) is 18.9 Å². The predicted octanol–water partition coefficient (Wildman–Crippen LogP) is 4.04. The van der Waals surface area contributed by atoms with Crippen LogP contribution in [0, 0.1) is 13.8 Å². The number of aryl methyl sites for hydroxylation is 2. The second-order valence-electron chi connectivity index (χ2n) is 6.63. The van der Waals surface area contributed by atoms with E-state index in [1.807, 2.05) is 38.1 Å². The molecule has 0 fully saturated rings. The van der Waals surface area contributed by atoms with Gasteiger partial charge in [-0.1, -0.05) is 36.4 Å². The molecule has 1 heterocycles. The van der Waals surface area contributed by atoms with Gasteiger partial charge in [0.15, 0.2) is 0 Å². The molecule has 0 atom stereocenters.